The van der Waals surface area contributed by atoms with E-state index >= 15 is 0 Å². The Morgan fingerprint density at radius 3 is 2.62 bits per heavy atom. The Morgan fingerprint density at radius 2 is 1.91 bits per heavy atom. The van der Waals surface area contributed by atoms with E-state index in [9.17, 15) is 4.79 Å². The van der Waals surface area contributed by atoms with Crippen molar-refractivity contribution in [3.63, 3.8) is 0 Å². The molecular weight excluding hydrogens is 430 g/mol. The number of amides is 1. The van der Waals surface area contributed by atoms with Crippen LogP contribution in [0, 0.1) is 6.92 Å². The molecule has 0 aliphatic carbocycles. The van der Waals surface area contributed by atoms with Gasteiger partial charge in [-0.3, -0.25) is 9.78 Å². The summed E-state index contributed by atoms with van der Waals surface area (Å²) in [5.74, 6) is 1.96. The summed E-state index contributed by atoms with van der Waals surface area (Å²) >= 11 is 0. The van der Waals surface area contributed by atoms with Crippen LogP contribution in [0.3, 0.4) is 0 Å². The van der Waals surface area contributed by atoms with Crippen molar-refractivity contribution in [2.24, 2.45) is 0 Å². The first-order valence-electron chi connectivity index (χ1n) is 11.4. The molecule has 4 rings (SSSR count). The molecule has 8 heteroatoms. The summed E-state index contributed by atoms with van der Waals surface area (Å²) in [6.07, 6.45) is 7.56. The summed E-state index contributed by atoms with van der Waals surface area (Å²) < 4.78 is 10.7. The molecule has 1 atom stereocenters. The third-order valence-corrected chi connectivity index (χ3v) is 6.21. The maximum absolute atomic E-state index is 13.5. The van der Waals surface area contributed by atoms with Gasteiger partial charge in [0, 0.05) is 44.8 Å². The van der Waals surface area contributed by atoms with Crippen LogP contribution < -0.4 is 14.4 Å². The van der Waals surface area contributed by atoms with Gasteiger partial charge >= 0.3 is 0 Å². The Bertz CT molecular complexity index is 1180. The first-order chi connectivity index (χ1) is 16.4. The van der Waals surface area contributed by atoms with E-state index in [1.165, 1.54) is 0 Å². The minimum Gasteiger partial charge on any atom is -0.493 e. The van der Waals surface area contributed by atoms with Gasteiger partial charge in [-0.05, 0) is 54.7 Å². The van der Waals surface area contributed by atoms with Gasteiger partial charge in [0.05, 0.1) is 32.4 Å². The number of benzene rings is 1. The lowest BCUT2D eigenvalue weighted by Crippen LogP contribution is -2.33. The van der Waals surface area contributed by atoms with Crippen LogP contribution in [-0.4, -0.2) is 60.6 Å². The molecular formula is C26H31N5O3. The van der Waals surface area contributed by atoms with Crippen molar-refractivity contribution in [2.75, 3.05) is 39.8 Å². The van der Waals surface area contributed by atoms with Crippen LogP contribution in [0.25, 0.3) is 11.1 Å². The summed E-state index contributed by atoms with van der Waals surface area (Å²) in [6, 6.07) is 7.48. The minimum absolute atomic E-state index is 0.0668. The third-order valence-electron chi connectivity index (χ3n) is 6.21. The van der Waals surface area contributed by atoms with Crippen molar-refractivity contribution in [3.8, 4) is 22.6 Å². The average molecular weight is 462 g/mol. The van der Waals surface area contributed by atoms with Crippen LogP contribution in [0.2, 0.25) is 0 Å². The van der Waals surface area contributed by atoms with Gasteiger partial charge in [-0.15, -0.1) is 0 Å². The molecule has 0 N–H and O–H groups in total. The van der Waals surface area contributed by atoms with Gasteiger partial charge in [-0.2, -0.15) is 0 Å². The molecule has 0 radical (unpaired) electrons. The molecule has 0 bridgehead atoms. The number of hydrogen-bond donors (Lipinski definition) is 0. The van der Waals surface area contributed by atoms with Crippen LogP contribution in [-0.2, 0) is 11.2 Å². The molecule has 3 aromatic rings. The van der Waals surface area contributed by atoms with Crippen molar-refractivity contribution < 1.29 is 14.3 Å². The lowest BCUT2D eigenvalue weighted by atomic mass is 9.97. The number of likely N-dealkylation sites (tertiary alicyclic amines) is 1. The summed E-state index contributed by atoms with van der Waals surface area (Å²) in [5, 5.41) is 0. The number of pyridine rings is 1. The van der Waals surface area contributed by atoms with E-state index in [0.29, 0.717) is 24.0 Å². The normalized spacial score (nSPS) is 15.3. The summed E-state index contributed by atoms with van der Waals surface area (Å²) in [5.41, 5.74) is 4.79. The minimum atomic E-state index is -0.114. The molecule has 1 amide bonds. The van der Waals surface area contributed by atoms with E-state index in [2.05, 4.69) is 9.97 Å². The fourth-order valence-corrected chi connectivity index (χ4v) is 4.45. The highest BCUT2D eigenvalue weighted by atomic mass is 16.5. The molecule has 1 aliphatic rings. The number of aromatic nitrogens is 3. The number of nitrogens with zero attached hydrogens (tertiary/aromatic N) is 5. The zero-order valence-corrected chi connectivity index (χ0v) is 20.4. The van der Waals surface area contributed by atoms with Gasteiger partial charge in [-0.25, -0.2) is 9.97 Å². The number of methoxy groups -OCH3 is 2. The zero-order valence-electron chi connectivity index (χ0n) is 20.4. The Balaban J connectivity index is 1.68. The number of ether oxygens (including phenoxy) is 2. The standard InChI is InChI=1S/C26H31N5O3/c1-17-15-27-11-10-19(17)20-16-28-26(30(2)3)29-25(20)21-7-6-12-31(21)24(32)14-18-8-9-22(33-4)23(13-18)34-5/h8-11,13,15-16,21H,6-7,12,14H2,1-5H3. The van der Waals surface area contributed by atoms with Gasteiger partial charge < -0.3 is 19.3 Å². The first-order valence-corrected chi connectivity index (χ1v) is 11.4. The molecule has 178 valence electrons. The summed E-state index contributed by atoms with van der Waals surface area (Å²) in [6.45, 7) is 2.73. The van der Waals surface area contributed by atoms with E-state index in [1.807, 2.05) is 67.5 Å². The molecule has 0 spiro atoms. The van der Waals surface area contributed by atoms with Crippen LogP contribution in [0.1, 0.15) is 35.7 Å². The quantitative estimate of drug-likeness (QED) is 0.529. The molecule has 34 heavy (non-hydrogen) atoms. The highest BCUT2D eigenvalue weighted by molar-refractivity contribution is 5.80. The molecule has 1 aliphatic heterocycles. The molecule has 1 aromatic carbocycles. The second kappa shape index (κ2) is 10.1. The topological polar surface area (TPSA) is 80.7 Å². The van der Waals surface area contributed by atoms with E-state index in [0.717, 1.165) is 40.8 Å². The van der Waals surface area contributed by atoms with Crippen molar-refractivity contribution in [1.82, 2.24) is 19.9 Å². The summed E-state index contributed by atoms with van der Waals surface area (Å²) in [7, 11) is 7.04. The Hall–Kier alpha value is -3.68. The molecule has 8 nitrogen and oxygen atoms in total. The highest BCUT2D eigenvalue weighted by Crippen LogP contribution is 2.38. The number of rotatable bonds is 7. The van der Waals surface area contributed by atoms with Crippen LogP contribution in [0.4, 0.5) is 5.95 Å². The number of anilines is 1. The molecule has 3 heterocycles. The second-order valence-electron chi connectivity index (χ2n) is 8.67. The van der Waals surface area contributed by atoms with E-state index in [1.54, 1.807) is 20.4 Å². The van der Waals surface area contributed by atoms with Crippen LogP contribution >= 0.6 is 0 Å². The van der Waals surface area contributed by atoms with E-state index < -0.39 is 0 Å². The van der Waals surface area contributed by atoms with Gasteiger partial charge in [0.25, 0.3) is 0 Å². The molecule has 1 fully saturated rings. The molecule has 1 unspecified atom stereocenters. The number of carbonyl (C=O) groups excluding carboxylic acids is 1. The van der Waals surface area contributed by atoms with Crippen molar-refractivity contribution in [2.45, 2.75) is 32.2 Å². The Morgan fingerprint density at radius 1 is 1.12 bits per heavy atom. The van der Waals surface area contributed by atoms with Gasteiger partial charge in [0.2, 0.25) is 11.9 Å². The van der Waals surface area contributed by atoms with E-state index in [4.69, 9.17) is 14.5 Å². The third kappa shape index (κ3) is 4.66. The highest BCUT2D eigenvalue weighted by Gasteiger charge is 2.33. The molecule has 2 aromatic heterocycles. The predicted octanol–water partition coefficient (Wildman–Crippen LogP) is 3.84. The predicted molar refractivity (Wildman–Crippen MR) is 131 cm³/mol. The molecule has 1 saturated heterocycles. The zero-order chi connectivity index (χ0) is 24.2. The number of hydrogen-bond acceptors (Lipinski definition) is 7. The smallest absolute Gasteiger partial charge is 0.227 e. The first kappa shape index (κ1) is 23.5. The molecule has 0 saturated carbocycles. The second-order valence-corrected chi connectivity index (χ2v) is 8.67. The fraction of sp³-hybridized carbons (Fsp3) is 0.385. The van der Waals surface area contributed by atoms with Crippen molar-refractivity contribution in [3.05, 3.63) is 59.7 Å². The van der Waals surface area contributed by atoms with Crippen LogP contribution in [0.15, 0.2) is 42.9 Å². The number of aryl methyl sites for hydroxylation is 1. The van der Waals surface area contributed by atoms with Gasteiger partial charge in [0.15, 0.2) is 11.5 Å². The van der Waals surface area contributed by atoms with Crippen LogP contribution in [0.5, 0.6) is 11.5 Å². The Kier molecular flexibility index (Phi) is 6.95. The number of carbonyl (C=O) groups is 1. The van der Waals surface area contributed by atoms with E-state index in [-0.39, 0.29) is 18.4 Å². The van der Waals surface area contributed by atoms with Gasteiger partial charge in [-0.1, -0.05) is 6.07 Å². The lowest BCUT2D eigenvalue weighted by Gasteiger charge is -2.27. The lowest BCUT2D eigenvalue weighted by molar-refractivity contribution is -0.131. The summed E-state index contributed by atoms with van der Waals surface area (Å²) in [4.78, 5) is 31.0. The fourth-order valence-electron chi connectivity index (χ4n) is 4.45. The maximum Gasteiger partial charge on any atom is 0.227 e. The van der Waals surface area contributed by atoms with Crippen molar-refractivity contribution in [1.29, 1.82) is 0 Å². The largest absolute Gasteiger partial charge is 0.493 e. The monoisotopic (exact) mass is 461 g/mol. The Labute approximate surface area is 200 Å². The van der Waals surface area contributed by atoms with Crippen molar-refractivity contribution >= 4 is 11.9 Å². The average Bonchev–Trinajstić information content (AvgIpc) is 3.34. The SMILES string of the molecule is COc1ccc(CC(=O)N2CCCC2c2nc(N(C)C)ncc2-c2ccncc2C)cc1OC. The van der Waals surface area contributed by atoms with Gasteiger partial charge in [0.1, 0.15) is 0 Å². The maximum atomic E-state index is 13.5.